The molecule has 0 aliphatic rings. The van der Waals surface area contributed by atoms with E-state index in [1.54, 1.807) is 6.92 Å². The molecule has 0 bridgehead atoms. The molecule has 4 N–H and O–H groups in total. The molecule has 2 atom stereocenters. The van der Waals surface area contributed by atoms with Gasteiger partial charge in [0.25, 0.3) is 0 Å². The van der Waals surface area contributed by atoms with Gasteiger partial charge in [-0.1, -0.05) is 0 Å². The van der Waals surface area contributed by atoms with Gasteiger partial charge < -0.3 is 20.9 Å². The van der Waals surface area contributed by atoms with E-state index in [2.05, 4.69) is 5.32 Å². The Bertz CT molecular complexity index is 150. The van der Waals surface area contributed by atoms with Crippen molar-refractivity contribution in [1.82, 2.24) is 5.32 Å². The molecule has 0 aromatic carbocycles. The third-order valence-electron chi connectivity index (χ3n) is 1.68. The molecule has 13 heavy (non-hydrogen) atoms. The van der Waals surface area contributed by atoms with Crippen molar-refractivity contribution in [3.63, 3.8) is 0 Å². The van der Waals surface area contributed by atoms with Crippen LogP contribution in [0.25, 0.3) is 0 Å². The van der Waals surface area contributed by atoms with E-state index in [9.17, 15) is 4.79 Å². The summed E-state index contributed by atoms with van der Waals surface area (Å²) >= 11 is 0. The van der Waals surface area contributed by atoms with E-state index in [0.717, 1.165) is 0 Å². The maximum absolute atomic E-state index is 10.2. The van der Waals surface area contributed by atoms with Crippen LogP contribution >= 0.6 is 0 Å². The lowest BCUT2D eigenvalue weighted by molar-refractivity contribution is -0.122. The monoisotopic (exact) mass is 190 g/mol. The maximum atomic E-state index is 10.2. The molecule has 0 aromatic heterocycles. The lowest BCUT2D eigenvalue weighted by atomic mass is 10.2. The molecule has 0 saturated carbocycles. The topological polar surface area (TPSA) is 84.6 Å². The SMILES string of the molecule is CC(O)C(C)NCCOCC(N)=O. The summed E-state index contributed by atoms with van der Waals surface area (Å²) in [7, 11) is 0. The van der Waals surface area contributed by atoms with Crippen LogP contribution < -0.4 is 11.1 Å². The van der Waals surface area contributed by atoms with Crippen molar-refractivity contribution in [2.45, 2.75) is 26.0 Å². The first kappa shape index (κ1) is 12.3. The summed E-state index contributed by atoms with van der Waals surface area (Å²) in [5, 5.41) is 12.1. The van der Waals surface area contributed by atoms with Crippen LogP contribution in [-0.4, -0.2) is 42.9 Å². The fourth-order valence-electron chi connectivity index (χ4n) is 0.702. The summed E-state index contributed by atoms with van der Waals surface area (Å²) in [5.74, 6) is -0.469. The number of nitrogens with one attached hydrogen (secondary N) is 1. The van der Waals surface area contributed by atoms with E-state index in [-0.39, 0.29) is 12.6 Å². The first-order valence-electron chi connectivity index (χ1n) is 4.31. The van der Waals surface area contributed by atoms with Crippen molar-refractivity contribution in [3.8, 4) is 0 Å². The number of primary amides is 1. The molecule has 78 valence electrons. The lowest BCUT2D eigenvalue weighted by Crippen LogP contribution is -2.37. The van der Waals surface area contributed by atoms with Crippen LogP contribution in [0.5, 0.6) is 0 Å². The molecule has 0 spiro atoms. The number of hydrogen-bond donors (Lipinski definition) is 3. The van der Waals surface area contributed by atoms with E-state index in [4.69, 9.17) is 15.6 Å². The van der Waals surface area contributed by atoms with E-state index >= 15 is 0 Å². The van der Waals surface area contributed by atoms with Crippen LogP contribution in [0.1, 0.15) is 13.8 Å². The third-order valence-corrected chi connectivity index (χ3v) is 1.68. The molecule has 0 radical (unpaired) electrons. The van der Waals surface area contributed by atoms with Crippen molar-refractivity contribution in [3.05, 3.63) is 0 Å². The van der Waals surface area contributed by atoms with E-state index in [1.807, 2.05) is 6.92 Å². The van der Waals surface area contributed by atoms with Crippen LogP contribution in [0.2, 0.25) is 0 Å². The fourth-order valence-corrected chi connectivity index (χ4v) is 0.702. The molecule has 5 nitrogen and oxygen atoms in total. The minimum atomic E-state index is -0.469. The molecule has 0 heterocycles. The number of aliphatic hydroxyl groups is 1. The summed E-state index contributed by atoms with van der Waals surface area (Å²) in [6.45, 7) is 4.55. The largest absolute Gasteiger partial charge is 0.392 e. The second-order valence-corrected chi connectivity index (χ2v) is 3.00. The summed E-state index contributed by atoms with van der Waals surface area (Å²) in [5.41, 5.74) is 4.86. The van der Waals surface area contributed by atoms with Gasteiger partial charge in [-0.05, 0) is 13.8 Å². The normalized spacial score (nSPS) is 15.3. The summed E-state index contributed by atoms with van der Waals surface area (Å²) in [4.78, 5) is 10.2. The highest BCUT2D eigenvalue weighted by Crippen LogP contribution is 1.88. The van der Waals surface area contributed by atoms with Crippen LogP contribution in [0.3, 0.4) is 0 Å². The molecular weight excluding hydrogens is 172 g/mol. The summed E-state index contributed by atoms with van der Waals surface area (Å²) in [6, 6.07) is 0.0252. The molecule has 0 fully saturated rings. The van der Waals surface area contributed by atoms with E-state index in [1.165, 1.54) is 0 Å². The number of ether oxygens (including phenoxy) is 1. The highest BCUT2D eigenvalue weighted by atomic mass is 16.5. The second-order valence-electron chi connectivity index (χ2n) is 3.00. The van der Waals surface area contributed by atoms with Crippen molar-refractivity contribution >= 4 is 5.91 Å². The van der Waals surface area contributed by atoms with Gasteiger partial charge in [0, 0.05) is 12.6 Å². The Morgan fingerprint density at radius 3 is 2.69 bits per heavy atom. The van der Waals surface area contributed by atoms with Gasteiger partial charge in [0.2, 0.25) is 5.91 Å². The van der Waals surface area contributed by atoms with Gasteiger partial charge in [-0.3, -0.25) is 4.79 Å². The summed E-state index contributed by atoms with van der Waals surface area (Å²) in [6.07, 6.45) is -0.392. The van der Waals surface area contributed by atoms with Gasteiger partial charge in [0.1, 0.15) is 6.61 Å². The fraction of sp³-hybridized carbons (Fsp3) is 0.875. The average Bonchev–Trinajstić information content (AvgIpc) is 2.02. The average molecular weight is 190 g/mol. The first-order valence-corrected chi connectivity index (χ1v) is 4.31. The van der Waals surface area contributed by atoms with Crippen LogP contribution in [0.4, 0.5) is 0 Å². The molecule has 2 unspecified atom stereocenters. The lowest BCUT2D eigenvalue weighted by Gasteiger charge is -2.15. The number of rotatable bonds is 7. The predicted molar refractivity (Wildman–Crippen MR) is 49.2 cm³/mol. The number of nitrogens with two attached hydrogens (primary N) is 1. The zero-order valence-electron chi connectivity index (χ0n) is 8.12. The van der Waals surface area contributed by atoms with E-state index < -0.39 is 12.0 Å². The van der Waals surface area contributed by atoms with Crippen LogP contribution in [0, 0.1) is 0 Å². The first-order chi connectivity index (χ1) is 6.04. The van der Waals surface area contributed by atoms with Crippen LogP contribution in [0.15, 0.2) is 0 Å². The van der Waals surface area contributed by atoms with Gasteiger partial charge in [-0.2, -0.15) is 0 Å². The molecular formula is C8H18N2O3. The smallest absolute Gasteiger partial charge is 0.243 e. The number of aliphatic hydroxyl groups excluding tert-OH is 1. The van der Waals surface area contributed by atoms with Crippen LogP contribution in [-0.2, 0) is 9.53 Å². The van der Waals surface area contributed by atoms with E-state index in [0.29, 0.717) is 13.2 Å². The zero-order chi connectivity index (χ0) is 10.3. The third kappa shape index (κ3) is 7.70. The Morgan fingerprint density at radius 1 is 1.62 bits per heavy atom. The van der Waals surface area contributed by atoms with Gasteiger partial charge >= 0.3 is 0 Å². The highest BCUT2D eigenvalue weighted by Gasteiger charge is 2.06. The van der Waals surface area contributed by atoms with Gasteiger partial charge in [-0.15, -0.1) is 0 Å². The van der Waals surface area contributed by atoms with Crippen molar-refractivity contribution in [2.24, 2.45) is 5.73 Å². The Labute approximate surface area is 78.3 Å². The van der Waals surface area contributed by atoms with Crippen molar-refractivity contribution in [1.29, 1.82) is 0 Å². The Balaban J connectivity index is 3.21. The zero-order valence-corrected chi connectivity index (χ0v) is 8.12. The molecule has 0 aromatic rings. The highest BCUT2D eigenvalue weighted by molar-refractivity contribution is 5.74. The Morgan fingerprint density at radius 2 is 2.23 bits per heavy atom. The quantitative estimate of drug-likeness (QED) is 0.442. The number of amides is 1. The Hall–Kier alpha value is -0.650. The second kappa shape index (κ2) is 6.82. The molecule has 0 aliphatic carbocycles. The van der Waals surface area contributed by atoms with Crippen molar-refractivity contribution < 1.29 is 14.6 Å². The molecule has 1 amide bonds. The maximum Gasteiger partial charge on any atom is 0.243 e. The minimum Gasteiger partial charge on any atom is -0.392 e. The summed E-state index contributed by atoms with van der Waals surface area (Å²) < 4.78 is 4.91. The van der Waals surface area contributed by atoms with Crippen molar-refractivity contribution in [2.75, 3.05) is 19.8 Å². The number of hydrogen-bond acceptors (Lipinski definition) is 4. The predicted octanol–water partition coefficient (Wildman–Crippen LogP) is -1.15. The Kier molecular flexibility index (Phi) is 6.48. The molecule has 5 heteroatoms. The standard InChI is InChI=1S/C8H18N2O3/c1-6(7(2)11)10-3-4-13-5-8(9)12/h6-7,10-11H,3-5H2,1-2H3,(H2,9,12). The minimum absolute atomic E-state index is 0.0252. The van der Waals surface area contributed by atoms with Gasteiger partial charge in [-0.25, -0.2) is 0 Å². The molecule has 0 saturated heterocycles. The number of carbonyl (C=O) groups is 1. The molecule has 0 aliphatic heterocycles. The van der Waals surface area contributed by atoms with Gasteiger partial charge in [0.15, 0.2) is 0 Å². The molecule has 0 rings (SSSR count). The van der Waals surface area contributed by atoms with Gasteiger partial charge in [0.05, 0.1) is 12.7 Å². The number of carbonyl (C=O) groups excluding carboxylic acids is 1.